The second-order valence-electron chi connectivity index (χ2n) is 9.77. The third-order valence-corrected chi connectivity index (χ3v) is 8.47. The predicted octanol–water partition coefficient (Wildman–Crippen LogP) is 5.75. The average Bonchev–Trinajstić information content (AvgIpc) is 2.87. The third-order valence-electron chi connectivity index (χ3n) is 6.14. The van der Waals surface area contributed by atoms with Gasteiger partial charge >= 0.3 is 0 Å². The summed E-state index contributed by atoms with van der Waals surface area (Å²) in [7, 11) is -4.24. The second-order valence-corrected chi connectivity index (χ2v) is 12.5. The Morgan fingerprint density at radius 1 is 0.872 bits per heavy atom. The van der Waals surface area contributed by atoms with Crippen LogP contribution in [0.15, 0.2) is 71.6 Å². The van der Waals surface area contributed by atoms with Gasteiger partial charge in [0.1, 0.15) is 12.6 Å². The van der Waals surface area contributed by atoms with Crippen molar-refractivity contribution in [1.82, 2.24) is 10.2 Å². The summed E-state index contributed by atoms with van der Waals surface area (Å²) in [6.45, 7) is 8.58. The van der Waals surface area contributed by atoms with E-state index in [0.29, 0.717) is 0 Å². The number of rotatable bonds is 10. The number of anilines is 1. The first-order chi connectivity index (χ1) is 18.3. The number of hydrogen-bond acceptors (Lipinski definition) is 4. The van der Waals surface area contributed by atoms with Gasteiger partial charge in [0, 0.05) is 17.6 Å². The second kappa shape index (κ2) is 12.9. The van der Waals surface area contributed by atoms with Gasteiger partial charge in [-0.3, -0.25) is 13.9 Å². The van der Waals surface area contributed by atoms with Gasteiger partial charge < -0.3 is 10.2 Å². The van der Waals surface area contributed by atoms with Crippen molar-refractivity contribution in [2.75, 3.05) is 10.8 Å². The molecule has 0 aliphatic rings. The minimum absolute atomic E-state index is 0.00683. The minimum Gasteiger partial charge on any atom is -0.352 e. The highest BCUT2D eigenvalue weighted by molar-refractivity contribution is 7.92. The lowest BCUT2D eigenvalue weighted by molar-refractivity contribution is -0.139. The molecule has 0 bridgehead atoms. The Balaban J connectivity index is 2.07. The van der Waals surface area contributed by atoms with Gasteiger partial charge in [-0.05, 0) is 70.5 Å². The Labute approximate surface area is 240 Å². The smallest absolute Gasteiger partial charge is 0.264 e. The molecule has 7 nitrogen and oxygen atoms in total. The molecule has 1 N–H and O–H groups in total. The normalized spacial score (nSPS) is 12.2. The molecule has 39 heavy (non-hydrogen) atoms. The lowest BCUT2D eigenvalue weighted by Gasteiger charge is -2.32. The van der Waals surface area contributed by atoms with Gasteiger partial charge in [0.25, 0.3) is 10.0 Å². The van der Waals surface area contributed by atoms with E-state index in [4.69, 9.17) is 23.2 Å². The molecule has 0 aliphatic heterocycles. The molecule has 0 unspecified atom stereocenters. The maximum Gasteiger partial charge on any atom is 0.264 e. The first kappa shape index (κ1) is 30.5. The molecule has 0 heterocycles. The summed E-state index contributed by atoms with van der Waals surface area (Å²) in [5.74, 6) is -0.923. The minimum atomic E-state index is -4.24. The van der Waals surface area contributed by atoms with Gasteiger partial charge in [-0.25, -0.2) is 8.42 Å². The van der Waals surface area contributed by atoms with E-state index in [9.17, 15) is 18.0 Å². The summed E-state index contributed by atoms with van der Waals surface area (Å²) in [6.07, 6.45) is 0. The van der Waals surface area contributed by atoms with E-state index in [2.05, 4.69) is 5.32 Å². The van der Waals surface area contributed by atoms with Crippen molar-refractivity contribution in [1.29, 1.82) is 0 Å². The summed E-state index contributed by atoms with van der Waals surface area (Å²) in [5, 5.41) is 3.20. The SMILES string of the molecule is Cc1ccc(CN(C(=O)CN(c2cc(Cl)ccc2Cl)S(=O)(=O)c2ccc(C)cc2)[C@H](C)C(=O)NC(C)C)cc1. The number of amides is 2. The number of carbonyl (C=O) groups is 2. The molecule has 0 saturated carbocycles. The van der Waals surface area contributed by atoms with Gasteiger partial charge in [-0.2, -0.15) is 0 Å². The molecule has 10 heteroatoms. The van der Waals surface area contributed by atoms with Crippen molar-refractivity contribution in [2.45, 2.75) is 58.1 Å². The van der Waals surface area contributed by atoms with Gasteiger partial charge in [-0.1, -0.05) is 70.7 Å². The maximum atomic E-state index is 13.9. The highest BCUT2D eigenvalue weighted by atomic mass is 35.5. The standard InChI is InChI=1S/C29H33Cl2N3O4S/c1-19(2)32-29(36)22(5)33(17-23-10-6-20(3)7-11-23)28(35)18-34(27-16-24(30)12-15-26(27)31)39(37,38)25-13-8-21(4)9-14-25/h6-16,19,22H,17-18H2,1-5H3,(H,32,36)/t22-/m1/s1. The van der Waals surface area contributed by atoms with E-state index in [1.807, 2.05) is 52.0 Å². The van der Waals surface area contributed by atoms with Crippen LogP contribution in [0.3, 0.4) is 0 Å². The van der Waals surface area contributed by atoms with E-state index in [0.717, 1.165) is 21.0 Å². The molecule has 3 rings (SSSR count). The van der Waals surface area contributed by atoms with Crippen molar-refractivity contribution in [3.63, 3.8) is 0 Å². The molecule has 0 saturated heterocycles. The molecular weight excluding hydrogens is 557 g/mol. The first-order valence-electron chi connectivity index (χ1n) is 12.5. The van der Waals surface area contributed by atoms with E-state index < -0.39 is 28.5 Å². The fourth-order valence-corrected chi connectivity index (χ4v) is 5.77. The largest absolute Gasteiger partial charge is 0.352 e. The zero-order chi connectivity index (χ0) is 28.9. The Hall–Kier alpha value is -3.07. The van der Waals surface area contributed by atoms with Crippen molar-refractivity contribution >= 4 is 50.7 Å². The van der Waals surface area contributed by atoms with Crippen LogP contribution in [-0.4, -0.2) is 43.8 Å². The highest BCUT2D eigenvalue weighted by Gasteiger charge is 2.33. The Kier molecular flexibility index (Phi) is 10.0. The van der Waals surface area contributed by atoms with Crippen molar-refractivity contribution in [3.05, 3.63) is 93.5 Å². The number of benzene rings is 3. The van der Waals surface area contributed by atoms with Gasteiger partial charge in [0.05, 0.1) is 15.6 Å². The molecule has 3 aromatic carbocycles. The van der Waals surface area contributed by atoms with Crippen molar-refractivity contribution < 1.29 is 18.0 Å². The number of carbonyl (C=O) groups excluding carboxylic acids is 2. The number of halogens is 2. The summed E-state index contributed by atoms with van der Waals surface area (Å²) in [5.41, 5.74) is 2.79. The Morgan fingerprint density at radius 2 is 1.44 bits per heavy atom. The quantitative estimate of drug-likeness (QED) is 0.326. The highest BCUT2D eigenvalue weighted by Crippen LogP contribution is 2.33. The zero-order valence-corrected chi connectivity index (χ0v) is 24.9. The van der Waals surface area contributed by atoms with Crippen molar-refractivity contribution in [3.8, 4) is 0 Å². The Bertz CT molecular complexity index is 1430. The van der Waals surface area contributed by atoms with Crippen molar-refractivity contribution in [2.24, 2.45) is 0 Å². The summed E-state index contributed by atoms with van der Waals surface area (Å²) in [6, 6.07) is 17.3. The zero-order valence-electron chi connectivity index (χ0n) is 22.6. The topological polar surface area (TPSA) is 86.8 Å². The van der Waals surface area contributed by atoms with Gasteiger partial charge in [-0.15, -0.1) is 0 Å². The number of nitrogens with one attached hydrogen (secondary N) is 1. The molecule has 1 atom stereocenters. The molecule has 208 valence electrons. The van der Waals surface area contributed by atoms with E-state index in [-0.39, 0.29) is 39.1 Å². The molecule has 0 radical (unpaired) electrons. The average molecular weight is 591 g/mol. The van der Waals surface area contributed by atoms with Crippen LogP contribution >= 0.6 is 23.2 Å². The van der Waals surface area contributed by atoms with Crippen LogP contribution < -0.4 is 9.62 Å². The molecule has 2 amide bonds. The third kappa shape index (κ3) is 7.75. The van der Waals surface area contributed by atoms with E-state index >= 15 is 0 Å². The van der Waals surface area contributed by atoms with Gasteiger partial charge in [0.2, 0.25) is 11.8 Å². The van der Waals surface area contributed by atoms with Crippen LogP contribution in [0.2, 0.25) is 10.0 Å². The number of aryl methyl sites for hydroxylation is 2. The van der Waals surface area contributed by atoms with E-state index in [1.165, 1.54) is 35.2 Å². The molecule has 0 aromatic heterocycles. The van der Waals surface area contributed by atoms with Crippen LogP contribution in [0, 0.1) is 13.8 Å². The predicted molar refractivity (Wildman–Crippen MR) is 157 cm³/mol. The monoisotopic (exact) mass is 589 g/mol. The van der Waals surface area contributed by atoms with Crippen LogP contribution in [-0.2, 0) is 26.2 Å². The molecule has 0 aliphatic carbocycles. The number of sulfonamides is 1. The molecule has 0 fully saturated rings. The molecular formula is C29H33Cl2N3O4S. The van der Waals surface area contributed by atoms with Crippen LogP contribution in [0.25, 0.3) is 0 Å². The lowest BCUT2D eigenvalue weighted by Crippen LogP contribution is -2.52. The van der Waals surface area contributed by atoms with Gasteiger partial charge in [0.15, 0.2) is 0 Å². The lowest BCUT2D eigenvalue weighted by atomic mass is 10.1. The van der Waals surface area contributed by atoms with Crippen LogP contribution in [0.1, 0.15) is 37.5 Å². The summed E-state index contributed by atoms with van der Waals surface area (Å²) >= 11 is 12.6. The molecule has 3 aromatic rings. The van der Waals surface area contributed by atoms with E-state index in [1.54, 1.807) is 19.1 Å². The maximum absolute atomic E-state index is 13.9. The Morgan fingerprint density at radius 3 is 2.00 bits per heavy atom. The molecule has 0 spiro atoms. The van der Waals surface area contributed by atoms with Crippen LogP contribution in [0.5, 0.6) is 0 Å². The fraction of sp³-hybridized carbons (Fsp3) is 0.310. The van der Waals surface area contributed by atoms with Crippen LogP contribution in [0.4, 0.5) is 5.69 Å². The fourth-order valence-electron chi connectivity index (χ4n) is 3.91. The number of hydrogen-bond donors (Lipinski definition) is 1. The summed E-state index contributed by atoms with van der Waals surface area (Å²) < 4.78 is 28.7. The number of nitrogens with zero attached hydrogens (tertiary/aromatic N) is 2. The summed E-state index contributed by atoms with van der Waals surface area (Å²) in [4.78, 5) is 28.3. The first-order valence-corrected chi connectivity index (χ1v) is 14.7.